The van der Waals surface area contributed by atoms with Crippen LogP contribution < -0.4 is 12.4 Å². The van der Waals surface area contributed by atoms with Crippen LogP contribution in [0.1, 0.15) is 65.2 Å². The Morgan fingerprint density at radius 3 is 1.50 bits per heavy atom. The molecule has 0 aromatic rings. The molecule has 0 atom stereocenters. The fourth-order valence-corrected chi connectivity index (χ4v) is 1.98. The van der Waals surface area contributed by atoms with Gasteiger partial charge in [-0.15, -0.1) is 12.8 Å². The molecule has 0 bridgehead atoms. The number of halogens is 1. The van der Waals surface area contributed by atoms with Gasteiger partial charge in [-0.3, -0.25) is 12.2 Å². The quantitative estimate of drug-likeness (QED) is 0.632. The molecule has 0 spiro atoms. The van der Waals surface area contributed by atoms with E-state index in [0.717, 1.165) is 12.8 Å². The van der Waals surface area contributed by atoms with Crippen LogP contribution in [0.2, 0.25) is 0 Å². The first-order valence-electron chi connectivity index (χ1n) is 7.39. The Balaban J connectivity index is 0. The first kappa shape index (κ1) is 22.4. The molecule has 0 amide bonds. The van der Waals surface area contributed by atoms with Gasteiger partial charge < -0.3 is 12.4 Å². The van der Waals surface area contributed by atoms with Crippen LogP contribution in [0.5, 0.6) is 0 Å². The second kappa shape index (κ2) is 15.5. The number of hydrogen-bond acceptors (Lipinski definition) is 0. The van der Waals surface area contributed by atoms with E-state index in [9.17, 15) is 0 Å². The van der Waals surface area contributed by atoms with Crippen LogP contribution in [0, 0.1) is 12.2 Å². The smallest absolute Gasteiger partial charge is 1.00 e. The molecular formula is C18H26ClZr-. The second-order valence-electron chi connectivity index (χ2n) is 4.82. The summed E-state index contributed by atoms with van der Waals surface area (Å²) in [4.78, 5) is 0. The fraction of sp³-hybridized carbons (Fsp3) is 0.556. The largest absolute Gasteiger partial charge is 2.00 e. The summed E-state index contributed by atoms with van der Waals surface area (Å²) < 4.78 is 0. The maximum Gasteiger partial charge on any atom is 2.00 e. The predicted octanol–water partition coefficient (Wildman–Crippen LogP) is 2.73. The zero-order chi connectivity index (χ0) is 13.1. The molecule has 2 aliphatic rings. The van der Waals surface area contributed by atoms with Gasteiger partial charge in [0.05, 0.1) is 0 Å². The Morgan fingerprint density at radius 1 is 0.850 bits per heavy atom. The summed E-state index contributed by atoms with van der Waals surface area (Å²) in [6, 6.07) is 0. The van der Waals surface area contributed by atoms with Gasteiger partial charge in [0.1, 0.15) is 0 Å². The summed E-state index contributed by atoms with van der Waals surface area (Å²) in [6.45, 7) is 4.44. The van der Waals surface area contributed by atoms with E-state index in [4.69, 9.17) is 0 Å². The molecule has 0 aromatic heterocycles. The van der Waals surface area contributed by atoms with Crippen molar-refractivity contribution in [1.82, 2.24) is 0 Å². The molecule has 0 fully saturated rings. The van der Waals surface area contributed by atoms with Crippen molar-refractivity contribution in [1.29, 1.82) is 0 Å². The second-order valence-corrected chi connectivity index (χ2v) is 4.82. The minimum Gasteiger partial charge on any atom is -1.00 e. The van der Waals surface area contributed by atoms with E-state index >= 15 is 0 Å². The van der Waals surface area contributed by atoms with Gasteiger partial charge in [-0.1, -0.05) is 52.4 Å². The van der Waals surface area contributed by atoms with Crippen LogP contribution in [-0.2, 0) is 26.2 Å². The fourth-order valence-electron chi connectivity index (χ4n) is 1.98. The molecule has 0 radical (unpaired) electrons. The van der Waals surface area contributed by atoms with Gasteiger partial charge in [0.25, 0.3) is 0 Å². The Kier molecular flexibility index (Phi) is 17.4. The van der Waals surface area contributed by atoms with Gasteiger partial charge in [-0.2, -0.15) is 12.2 Å². The molecule has 110 valence electrons. The van der Waals surface area contributed by atoms with Crippen molar-refractivity contribution < 1.29 is 38.6 Å². The first-order chi connectivity index (χ1) is 8.86. The minimum absolute atomic E-state index is 0. The molecule has 0 N–H and O–H groups in total. The zero-order valence-electron chi connectivity index (χ0n) is 12.8. The van der Waals surface area contributed by atoms with Crippen LogP contribution in [0.3, 0.4) is 0 Å². The monoisotopic (exact) mass is 367 g/mol. The molecule has 0 saturated carbocycles. The van der Waals surface area contributed by atoms with Crippen molar-refractivity contribution in [3.63, 3.8) is 0 Å². The van der Waals surface area contributed by atoms with Crippen LogP contribution in [0.15, 0.2) is 35.5 Å². The predicted molar refractivity (Wildman–Crippen MR) is 80.1 cm³/mol. The maximum absolute atomic E-state index is 3.30. The van der Waals surface area contributed by atoms with Crippen molar-refractivity contribution in [2.45, 2.75) is 65.2 Å². The van der Waals surface area contributed by atoms with Gasteiger partial charge in [0.2, 0.25) is 0 Å². The summed E-state index contributed by atoms with van der Waals surface area (Å²) in [5.41, 5.74) is 2.83. The van der Waals surface area contributed by atoms with Crippen LogP contribution in [-0.4, -0.2) is 0 Å². The molecule has 0 aromatic carbocycles. The third kappa shape index (κ3) is 10.9. The maximum atomic E-state index is 3.30. The third-order valence-corrected chi connectivity index (χ3v) is 3.13. The first-order valence-corrected chi connectivity index (χ1v) is 7.39. The van der Waals surface area contributed by atoms with Gasteiger partial charge in [-0.25, -0.2) is 23.3 Å². The van der Waals surface area contributed by atoms with Crippen molar-refractivity contribution in [3.8, 4) is 0 Å². The molecular weight excluding hydrogens is 343 g/mol. The average Bonchev–Trinajstić information content (AvgIpc) is 3.07. The molecule has 0 aliphatic heterocycles. The topological polar surface area (TPSA) is 0 Å². The summed E-state index contributed by atoms with van der Waals surface area (Å²) in [7, 11) is 0. The molecule has 2 rings (SSSR count). The van der Waals surface area contributed by atoms with Crippen LogP contribution in [0.25, 0.3) is 0 Å². The summed E-state index contributed by atoms with van der Waals surface area (Å²) in [6.07, 6.45) is 25.1. The molecule has 0 heterocycles. The van der Waals surface area contributed by atoms with E-state index in [0.29, 0.717) is 0 Å². The van der Waals surface area contributed by atoms with Gasteiger partial charge in [0, 0.05) is 0 Å². The van der Waals surface area contributed by atoms with Gasteiger partial charge >= 0.3 is 26.2 Å². The van der Waals surface area contributed by atoms with E-state index in [1.807, 2.05) is 0 Å². The van der Waals surface area contributed by atoms with E-state index in [2.05, 4.69) is 50.3 Å². The number of rotatable bonds is 6. The number of allylic oxidation sites excluding steroid dienone is 8. The average molecular weight is 369 g/mol. The SMILES string of the molecule is CCCCC1=[C-]CC=C1.CCCCC1=[C-]CC=C1.[Cl-].[Zr+2]. The molecule has 0 nitrogen and oxygen atoms in total. The Morgan fingerprint density at radius 2 is 1.25 bits per heavy atom. The van der Waals surface area contributed by atoms with Crippen molar-refractivity contribution in [2.75, 3.05) is 0 Å². The number of hydrogen-bond donors (Lipinski definition) is 0. The van der Waals surface area contributed by atoms with Crippen LogP contribution in [0.4, 0.5) is 0 Å². The van der Waals surface area contributed by atoms with E-state index in [1.54, 1.807) is 0 Å². The van der Waals surface area contributed by atoms with Gasteiger partial charge in [0.15, 0.2) is 0 Å². The minimum atomic E-state index is 0. The van der Waals surface area contributed by atoms with E-state index < -0.39 is 0 Å². The normalized spacial score (nSPS) is 14.7. The third-order valence-electron chi connectivity index (χ3n) is 3.13. The standard InChI is InChI=1S/2C9H13.ClH.Zr/c2*1-2-3-6-9-7-4-5-8-9;;/h2*4,7H,2-3,5-6H2,1H3;1H;/q2*-1;;+2/p-1. The van der Waals surface area contributed by atoms with Crippen molar-refractivity contribution in [2.24, 2.45) is 0 Å². The van der Waals surface area contributed by atoms with E-state index in [-0.39, 0.29) is 38.6 Å². The molecule has 2 heteroatoms. The molecule has 0 unspecified atom stereocenters. The summed E-state index contributed by atoms with van der Waals surface area (Å²) >= 11 is 0. The van der Waals surface area contributed by atoms with Crippen molar-refractivity contribution >= 4 is 0 Å². The summed E-state index contributed by atoms with van der Waals surface area (Å²) in [5.74, 6) is 0. The van der Waals surface area contributed by atoms with Crippen molar-refractivity contribution in [3.05, 3.63) is 47.6 Å². The van der Waals surface area contributed by atoms with E-state index in [1.165, 1.54) is 49.7 Å². The van der Waals surface area contributed by atoms with Crippen LogP contribution >= 0.6 is 0 Å². The summed E-state index contributed by atoms with van der Waals surface area (Å²) in [5, 5.41) is 0. The Labute approximate surface area is 151 Å². The molecule has 0 saturated heterocycles. The Bertz CT molecular complexity index is 303. The number of unbranched alkanes of at least 4 members (excludes halogenated alkanes) is 2. The zero-order valence-corrected chi connectivity index (χ0v) is 16.1. The molecule has 20 heavy (non-hydrogen) atoms. The van der Waals surface area contributed by atoms with Gasteiger partial charge in [-0.05, 0) is 0 Å². The Hall–Kier alpha value is 0.133. The molecule has 2 aliphatic carbocycles.